The summed E-state index contributed by atoms with van der Waals surface area (Å²) in [5.74, 6) is 5.04. The van der Waals surface area contributed by atoms with Crippen LogP contribution >= 0.6 is 0 Å². The van der Waals surface area contributed by atoms with Crippen molar-refractivity contribution in [2.45, 2.75) is 25.9 Å². The molecule has 0 N–H and O–H groups in total. The largest absolute Gasteiger partial charge is 0.446 e. The predicted molar refractivity (Wildman–Crippen MR) is 64.4 cm³/mol. The fraction of sp³-hybridized carbons (Fsp3) is 0.286. The summed E-state index contributed by atoms with van der Waals surface area (Å²) < 4.78 is 5.21. The van der Waals surface area contributed by atoms with Gasteiger partial charge in [0.25, 0.3) is 0 Å². The molecule has 88 valence electrons. The van der Waals surface area contributed by atoms with Gasteiger partial charge in [-0.25, -0.2) is 4.79 Å². The Hall–Kier alpha value is -2.08. The normalized spacial score (nSPS) is 10.9. The Morgan fingerprint density at radius 1 is 1.41 bits per heavy atom. The maximum absolute atomic E-state index is 11.7. The van der Waals surface area contributed by atoms with E-state index in [1.165, 1.54) is 0 Å². The summed E-state index contributed by atoms with van der Waals surface area (Å²) in [6, 6.07) is 8.72. The Balaban J connectivity index is 2.63. The number of hydrogen-bond acceptors (Lipinski definition) is 3. The van der Waals surface area contributed by atoms with E-state index < -0.39 is 12.1 Å². The van der Waals surface area contributed by atoms with Crippen LogP contribution < -0.4 is 0 Å². The van der Waals surface area contributed by atoms with Crippen molar-refractivity contribution >= 4 is 12.3 Å². The van der Waals surface area contributed by atoms with E-state index in [9.17, 15) is 9.59 Å². The van der Waals surface area contributed by atoms with Gasteiger partial charge in [-0.1, -0.05) is 24.1 Å². The van der Waals surface area contributed by atoms with Crippen molar-refractivity contribution in [1.29, 1.82) is 0 Å². The van der Waals surface area contributed by atoms with Crippen molar-refractivity contribution in [2.75, 3.05) is 0 Å². The third-order valence-corrected chi connectivity index (χ3v) is 2.11. The number of carbonyl (C=O) groups excluding carboxylic acids is 2. The second kappa shape index (κ2) is 7.24. The molecule has 0 spiro atoms. The molecule has 1 unspecified atom stereocenters. The van der Waals surface area contributed by atoms with Gasteiger partial charge in [0.2, 0.25) is 0 Å². The highest BCUT2D eigenvalue weighted by Crippen LogP contribution is 2.07. The molecule has 0 aromatic heterocycles. The van der Waals surface area contributed by atoms with Crippen molar-refractivity contribution in [3.05, 3.63) is 35.9 Å². The van der Waals surface area contributed by atoms with Crippen LogP contribution in [0.25, 0.3) is 0 Å². The van der Waals surface area contributed by atoms with Gasteiger partial charge < -0.3 is 9.53 Å². The Labute approximate surface area is 101 Å². The molecular formula is C14H14O3. The second-order valence-electron chi connectivity index (χ2n) is 3.40. The van der Waals surface area contributed by atoms with Crippen LogP contribution in [-0.4, -0.2) is 18.4 Å². The molecule has 3 nitrogen and oxygen atoms in total. The van der Waals surface area contributed by atoms with Crippen molar-refractivity contribution in [1.82, 2.24) is 0 Å². The molecule has 0 aliphatic heterocycles. The van der Waals surface area contributed by atoms with E-state index in [0.717, 1.165) is 6.29 Å². The molecule has 1 aromatic rings. The molecule has 1 atom stereocenters. The zero-order valence-electron chi connectivity index (χ0n) is 9.68. The summed E-state index contributed by atoms with van der Waals surface area (Å²) in [4.78, 5) is 22.0. The Morgan fingerprint density at radius 2 is 2.12 bits per heavy atom. The van der Waals surface area contributed by atoms with Gasteiger partial charge in [-0.3, -0.25) is 0 Å². The summed E-state index contributed by atoms with van der Waals surface area (Å²) in [6.45, 7) is 1.67. The average molecular weight is 230 g/mol. The first-order valence-electron chi connectivity index (χ1n) is 5.40. The number of benzene rings is 1. The smallest absolute Gasteiger partial charge is 0.339 e. The van der Waals surface area contributed by atoms with Crippen LogP contribution in [0.2, 0.25) is 0 Å². The number of esters is 1. The maximum Gasteiger partial charge on any atom is 0.339 e. The quantitative estimate of drug-likeness (QED) is 0.442. The number of carbonyl (C=O) groups is 2. The number of hydrogen-bond donors (Lipinski definition) is 0. The highest BCUT2D eigenvalue weighted by atomic mass is 16.5. The second-order valence-corrected chi connectivity index (χ2v) is 3.40. The first-order chi connectivity index (χ1) is 8.27. The number of ether oxygens (including phenoxy) is 1. The first kappa shape index (κ1) is 13.0. The van der Waals surface area contributed by atoms with Gasteiger partial charge in [0, 0.05) is 12.8 Å². The van der Waals surface area contributed by atoms with Gasteiger partial charge in [0.15, 0.2) is 6.10 Å². The number of aldehydes is 1. The van der Waals surface area contributed by atoms with Crippen molar-refractivity contribution in [3.63, 3.8) is 0 Å². The molecule has 0 aliphatic carbocycles. The summed E-state index contributed by atoms with van der Waals surface area (Å²) in [5.41, 5.74) is 0.488. The van der Waals surface area contributed by atoms with E-state index in [2.05, 4.69) is 11.8 Å². The fourth-order valence-corrected chi connectivity index (χ4v) is 1.31. The van der Waals surface area contributed by atoms with Crippen molar-refractivity contribution in [3.8, 4) is 11.8 Å². The van der Waals surface area contributed by atoms with E-state index in [1.807, 2.05) is 6.07 Å². The molecule has 0 amide bonds. The van der Waals surface area contributed by atoms with Gasteiger partial charge in [0.1, 0.15) is 6.29 Å². The summed E-state index contributed by atoms with van der Waals surface area (Å²) >= 11 is 0. The summed E-state index contributed by atoms with van der Waals surface area (Å²) in [5, 5.41) is 0. The minimum Gasteiger partial charge on any atom is -0.446 e. The molecular weight excluding hydrogens is 216 g/mol. The molecule has 0 saturated carbocycles. The van der Waals surface area contributed by atoms with E-state index in [1.54, 1.807) is 31.2 Å². The molecule has 3 heteroatoms. The van der Waals surface area contributed by atoms with Gasteiger partial charge in [-0.15, -0.1) is 5.92 Å². The molecule has 0 heterocycles. The van der Waals surface area contributed by atoms with E-state index in [0.29, 0.717) is 18.4 Å². The lowest BCUT2D eigenvalue weighted by atomic mass is 10.2. The monoisotopic (exact) mass is 230 g/mol. The van der Waals surface area contributed by atoms with E-state index >= 15 is 0 Å². The minimum atomic E-state index is -0.516. The van der Waals surface area contributed by atoms with Gasteiger partial charge in [0.05, 0.1) is 5.56 Å². The minimum absolute atomic E-state index is 0.335. The van der Waals surface area contributed by atoms with Crippen LogP contribution in [0.3, 0.4) is 0 Å². The molecule has 0 aliphatic rings. The molecule has 0 saturated heterocycles. The van der Waals surface area contributed by atoms with Crippen LogP contribution in [0.1, 0.15) is 30.1 Å². The van der Waals surface area contributed by atoms with E-state index in [-0.39, 0.29) is 0 Å². The zero-order chi connectivity index (χ0) is 12.5. The third-order valence-electron chi connectivity index (χ3n) is 2.11. The molecule has 1 rings (SSSR count). The maximum atomic E-state index is 11.7. The summed E-state index contributed by atoms with van der Waals surface area (Å²) in [7, 11) is 0. The van der Waals surface area contributed by atoms with Gasteiger partial charge >= 0.3 is 5.97 Å². The topological polar surface area (TPSA) is 43.4 Å². The molecule has 17 heavy (non-hydrogen) atoms. The average Bonchev–Trinajstić information content (AvgIpc) is 2.37. The summed E-state index contributed by atoms with van der Waals surface area (Å²) in [6.07, 6.45) is 1.04. The van der Waals surface area contributed by atoms with E-state index in [4.69, 9.17) is 4.74 Å². The lowest BCUT2D eigenvalue weighted by molar-refractivity contribution is -0.108. The number of rotatable bonds is 5. The van der Waals surface area contributed by atoms with Crippen LogP contribution in [0, 0.1) is 11.8 Å². The SMILES string of the molecule is CC#CC(CCC=O)OC(=O)c1ccccc1. The van der Waals surface area contributed by atoms with Crippen LogP contribution in [-0.2, 0) is 9.53 Å². The molecule has 0 fully saturated rings. The first-order valence-corrected chi connectivity index (χ1v) is 5.40. The Bertz CT molecular complexity index is 426. The lowest BCUT2D eigenvalue weighted by Gasteiger charge is -2.10. The van der Waals surface area contributed by atoms with Gasteiger partial charge in [-0.05, 0) is 19.1 Å². The molecule has 1 aromatic carbocycles. The predicted octanol–water partition coefficient (Wildman–Crippen LogP) is 2.21. The fourth-order valence-electron chi connectivity index (χ4n) is 1.31. The van der Waals surface area contributed by atoms with Crippen molar-refractivity contribution < 1.29 is 14.3 Å². The van der Waals surface area contributed by atoms with Crippen LogP contribution in [0.5, 0.6) is 0 Å². The Kier molecular flexibility index (Phi) is 5.53. The standard InChI is InChI=1S/C14H14O3/c1-2-7-13(10-6-11-15)17-14(16)12-8-4-3-5-9-12/h3-5,8-9,11,13H,6,10H2,1H3. The Morgan fingerprint density at radius 3 is 2.71 bits per heavy atom. The van der Waals surface area contributed by atoms with Crippen LogP contribution in [0.4, 0.5) is 0 Å². The highest BCUT2D eigenvalue weighted by Gasteiger charge is 2.13. The third kappa shape index (κ3) is 4.52. The van der Waals surface area contributed by atoms with Crippen molar-refractivity contribution in [2.24, 2.45) is 0 Å². The zero-order valence-corrected chi connectivity index (χ0v) is 9.68. The molecule has 0 radical (unpaired) electrons. The lowest BCUT2D eigenvalue weighted by Crippen LogP contribution is -2.16. The molecule has 0 bridgehead atoms. The van der Waals surface area contributed by atoms with Crippen LogP contribution in [0.15, 0.2) is 30.3 Å². The highest BCUT2D eigenvalue weighted by molar-refractivity contribution is 5.89. The van der Waals surface area contributed by atoms with Gasteiger partial charge in [-0.2, -0.15) is 0 Å².